The van der Waals surface area contributed by atoms with Crippen LogP contribution in [0.2, 0.25) is 0 Å². The summed E-state index contributed by atoms with van der Waals surface area (Å²) in [5.41, 5.74) is -0.602. The topological polar surface area (TPSA) is 27.0 Å². The number of hydrogen-bond acceptors (Lipinski definition) is 2. The molecule has 2 nitrogen and oxygen atoms in total. The number of anilines is 1. The molecule has 18 heavy (non-hydrogen) atoms. The third-order valence-corrected chi connectivity index (χ3v) is 3.09. The summed E-state index contributed by atoms with van der Waals surface area (Å²) in [6.45, 7) is 3.97. The van der Waals surface area contributed by atoms with E-state index < -0.39 is 11.7 Å². The molecule has 1 rings (SSSR count). The van der Waals surface area contributed by atoms with Gasteiger partial charge in [0.15, 0.2) is 0 Å². The predicted molar refractivity (Wildman–Crippen MR) is 64.3 cm³/mol. The average molecular weight is 256 g/mol. The van der Waals surface area contributed by atoms with Crippen molar-refractivity contribution in [3.63, 3.8) is 0 Å². The van der Waals surface area contributed by atoms with Gasteiger partial charge in [-0.15, -0.1) is 0 Å². The molecule has 0 amide bonds. The standard InChI is InChI=1S/C13H15F3N2/c1-4-9(2)18(3)11-5-6-12(13(14,15)16)10(7-11)8-17/h5-7,9H,4H2,1-3H3. The second kappa shape index (κ2) is 5.30. The van der Waals surface area contributed by atoms with Crippen LogP contribution in [0.4, 0.5) is 18.9 Å². The first-order valence-electron chi connectivity index (χ1n) is 5.65. The van der Waals surface area contributed by atoms with E-state index in [1.165, 1.54) is 12.1 Å². The summed E-state index contributed by atoms with van der Waals surface area (Å²) in [6, 6.07) is 5.46. The van der Waals surface area contributed by atoms with Gasteiger partial charge < -0.3 is 4.90 Å². The molecule has 0 aromatic heterocycles. The van der Waals surface area contributed by atoms with Crippen molar-refractivity contribution in [3.8, 4) is 6.07 Å². The number of benzene rings is 1. The summed E-state index contributed by atoms with van der Waals surface area (Å²) in [5, 5.41) is 8.82. The van der Waals surface area contributed by atoms with Crippen molar-refractivity contribution in [2.75, 3.05) is 11.9 Å². The van der Waals surface area contributed by atoms with Crippen molar-refractivity contribution >= 4 is 5.69 Å². The molecule has 0 saturated heterocycles. The summed E-state index contributed by atoms with van der Waals surface area (Å²) in [7, 11) is 1.80. The number of rotatable bonds is 3. The molecule has 0 aliphatic rings. The highest BCUT2D eigenvalue weighted by molar-refractivity contribution is 5.55. The minimum absolute atomic E-state index is 0.202. The maximum absolute atomic E-state index is 12.6. The zero-order valence-electron chi connectivity index (χ0n) is 10.5. The van der Waals surface area contributed by atoms with Gasteiger partial charge in [-0.1, -0.05) is 6.92 Å². The highest BCUT2D eigenvalue weighted by atomic mass is 19.4. The van der Waals surface area contributed by atoms with Crippen LogP contribution in [-0.4, -0.2) is 13.1 Å². The molecular formula is C13H15F3N2. The molecule has 0 spiro atoms. The zero-order valence-corrected chi connectivity index (χ0v) is 10.5. The van der Waals surface area contributed by atoms with Crippen molar-refractivity contribution in [1.29, 1.82) is 5.26 Å². The Bertz CT molecular complexity index is 460. The van der Waals surface area contributed by atoms with E-state index in [0.717, 1.165) is 12.5 Å². The van der Waals surface area contributed by atoms with Crippen LogP contribution in [0.5, 0.6) is 0 Å². The molecule has 0 bridgehead atoms. The maximum Gasteiger partial charge on any atom is 0.417 e. The van der Waals surface area contributed by atoms with Gasteiger partial charge in [0.05, 0.1) is 17.2 Å². The van der Waals surface area contributed by atoms with Crippen molar-refractivity contribution in [2.24, 2.45) is 0 Å². The van der Waals surface area contributed by atoms with Crippen molar-refractivity contribution in [2.45, 2.75) is 32.5 Å². The van der Waals surface area contributed by atoms with Gasteiger partial charge in [-0.2, -0.15) is 18.4 Å². The fourth-order valence-corrected chi connectivity index (χ4v) is 1.62. The van der Waals surface area contributed by atoms with Crippen LogP contribution in [0.3, 0.4) is 0 Å². The second-order valence-electron chi connectivity index (χ2n) is 4.21. The van der Waals surface area contributed by atoms with Crippen LogP contribution in [0.1, 0.15) is 31.4 Å². The summed E-state index contributed by atoms with van der Waals surface area (Å²) in [5.74, 6) is 0. The first kappa shape index (κ1) is 14.4. The summed E-state index contributed by atoms with van der Waals surface area (Å²) < 4.78 is 37.9. The van der Waals surface area contributed by atoms with Crippen LogP contribution >= 0.6 is 0 Å². The molecule has 5 heteroatoms. The molecule has 0 aliphatic carbocycles. The largest absolute Gasteiger partial charge is 0.417 e. The highest BCUT2D eigenvalue weighted by Crippen LogP contribution is 2.33. The first-order valence-corrected chi connectivity index (χ1v) is 5.65. The smallest absolute Gasteiger partial charge is 0.372 e. The second-order valence-corrected chi connectivity index (χ2v) is 4.21. The minimum atomic E-state index is -4.49. The first-order chi connectivity index (χ1) is 8.31. The van der Waals surface area contributed by atoms with Crippen LogP contribution < -0.4 is 4.90 Å². The lowest BCUT2D eigenvalue weighted by Crippen LogP contribution is -2.28. The van der Waals surface area contributed by atoms with E-state index in [4.69, 9.17) is 5.26 Å². The van der Waals surface area contributed by atoms with Crippen molar-refractivity contribution in [3.05, 3.63) is 29.3 Å². The van der Waals surface area contributed by atoms with Crippen LogP contribution in [-0.2, 0) is 6.18 Å². The lowest BCUT2D eigenvalue weighted by Gasteiger charge is -2.26. The monoisotopic (exact) mass is 256 g/mol. The average Bonchev–Trinajstić information content (AvgIpc) is 2.34. The Morgan fingerprint density at radius 3 is 2.44 bits per heavy atom. The Kier molecular flexibility index (Phi) is 4.23. The fraction of sp³-hybridized carbons (Fsp3) is 0.462. The van der Waals surface area contributed by atoms with Crippen molar-refractivity contribution in [1.82, 2.24) is 0 Å². The molecule has 98 valence electrons. The van der Waals surface area contributed by atoms with E-state index in [1.807, 2.05) is 18.7 Å². The van der Waals surface area contributed by atoms with Gasteiger partial charge >= 0.3 is 6.18 Å². The molecule has 0 fully saturated rings. The molecule has 0 saturated carbocycles. The molecule has 1 aromatic rings. The van der Waals surface area contributed by atoms with E-state index in [1.54, 1.807) is 13.1 Å². The molecule has 0 heterocycles. The lowest BCUT2D eigenvalue weighted by molar-refractivity contribution is -0.137. The Morgan fingerprint density at radius 1 is 1.39 bits per heavy atom. The van der Waals surface area contributed by atoms with E-state index >= 15 is 0 Å². The minimum Gasteiger partial charge on any atom is -0.372 e. The van der Waals surface area contributed by atoms with E-state index in [9.17, 15) is 13.2 Å². The van der Waals surface area contributed by atoms with Gasteiger partial charge in [-0.3, -0.25) is 0 Å². The summed E-state index contributed by atoms with van der Waals surface area (Å²) >= 11 is 0. The Balaban J connectivity index is 3.19. The zero-order chi connectivity index (χ0) is 13.9. The van der Waals surface area contributed by atoms with Crippen LogP contribution in [0, 0.1) is 11.3 Å². The number of nitriles is 1. The van der Waals surface area contributed by atoms with E-state index in [2.05, 4.69) is 0 Å². The Morgan fingerprint density at radius 2 is 2.00 bits per heavy atom. The normalized spacial score (nSPS) is 12.9. The maximum atomic E-state index is 12.6. The number of nitrogens with zero attached hydrogens (tertiary/aromatic N) is 2. The molecule has 0 N–H and O–H groups in total. The van der Waals surface area contributed by atoms with Crippen molar-refractivity contribution < 1.29 is 13.2 Å². The van der Waals surface area contributed by atoms with Crippen LogP contribution in [0.15, 0.2) is 18.2 Å². The quantitative estimate of drug-likeness (QED) is 0.822. The van der Waals surface area contributed by atoms with Gasteiger partial charge in [-0.25, -0.2) is 0 Å². The molecular weight excluding hydrogens is 241 g/mol. The Labute approximate surface area is 105 Å². The molecule has 0 aliphatic heterocycles. The summed E-state index contributed by atoms with van der Waals surface area (Å²) in [4.78, 5) is 1.86. The number of alkyl halides is 3. The molecule has 1 aromatic carbocycles. The molecule has 1 atom stereocenters. The van der Waals surface area contributed by atoms with E-state index in [-0.39, 0.29) is 11.6 Å². The van der Waals surface area contributed by atoms with Gasteiger partial charge in [0.2, 0.25) is 0 Å². The number of hydrogen-bond donors (Lipinski definition) is 0. The SMILES string of the molecule is CCC(C)N(C)c1ccc(C(F)(F)F)c(C#N)c1. The predicted octanol–water partition coefficient (Wildman–Crippen LogP) is 3.81. The van der Waals surface area contributed by atoms with Gasteiger partial charge in [0.1, 0.15) is 0 Å². The van der Waals surface area contributed by atoms with E-state index in [0.29, 0.717) is 5.69 Å². The molecule has 0 radical (unpaired) electrons. The Hall–Kier alpha value is -1.70. The van der Waals surface area contributed by atoms with Crippen LogP contribution in [0.25, 0.3) is 0 Å². The van der Waals surface area contributed by atoms with Gasteiger partial charge in [-0.05, 0) is 31.5 Å². The lowest BCUT2D eigenvalue weighted by atomic mass is 10.1. The van der Waals surface area contributed by atoms with Gasteiger partial charge in [0.25, 0.3) is 0 Å². The number of halogens is 3. The molecule has 1 unspecified atom stereocenters. The van der Waals surface area contributed by atoms with Gasteiger partial charge in [0, 0.05) is 18.8 Å². The third kappa shape index (κ3) is 2.95. The fourth-order valence-electron chi connectivity index (χ4n) is 1.62. The summed E-state index contributed by atoms with van der Waals surface area (Å²) in [6.07, 6.45) is -3.61. The highest BCUT2D eigenvalue weighted by Gasteiger charge is 2.33. The third-order valence-electron chi connectivity index (χ3n) is 3.09.